The van der Waals surface area contributed by atoms with Gasteiger partial charge in [0.25, 0.3) is 0 Å². The molecular weight excluding hydrogens is 188 g/mol. The Bertz CT molecular complexity index is 285. The molecule has 0 saturated heterocycles. The van der Waals surface area contributed by atoms with Crippen molar-refractivity contribution in [3.63, 3.8) is 0 Å². The third kappa shape index (κ3) is 2.69. The molecule has 0 aliphatic heterocycles. The Morgan fingerprint density at radius 2 is 2.46 bits per heavy atom. The molecule has 5 heteroatoms. The van der Waals surface area contributed by atoms with Gasteiger partial charge >= 0.3 is 5.00 Å². The highest BCUT2D eigenvalue weighted by molar-refractivity contribution is 7.14. The highest BCUT2D eigenvalue weighted by Gasteiger charge is 2.13. The summed E-state index contributed by atoms with van der Waals surface area (Å²) in [5, 5.41) is 15.5. The van der Waals surface area contributed by atoms with Crippen molar-refractivity contribution in [2.75, 3.05) is 11.9 Å². The number of nitro groups is 1. The second kappa shape index (κ2) is 4.81. The molecule has 0 fully saturated rings. The summed E-state index contributed by atoms with van der Waals surface area (Å²) < 4.78 is 0. The second-order valence-electron chi connectivity index (χ2n) is 2.68. The van der Waals surface area contributed by atoms with E-state index in [-0.39, 0.29) is 9.92 Å². The molecule has 1 N–H and O–H groups in total. The maximum absolute atomic E-state index is 10.5. The molecule has 0 unspecified atom stereocenters. The number of unbranched alkanes of at least 4 members (excludes halogenated alkanes) is 1. The molecule has 13 heavy (non-hydrogen) atoms. The van der Waals surface area contributed by atoms with Gasteiger partial charge in [-0.1, -0.05) is 24.7 Å². The van der Waals surface area contributed by atoms with E-state index in [1.165, 1.54) is 0 Å². The van der Waals surface area contributed by atoms with E-state index < -0.39 is 0 Å². The first-order valence-corrected chi connectivity index (χ1v) is 5.09. The first kappa shape index (κ1) is 9.98. The number of nitrogens with one attached hydrogen (secondary N) is 1. The summed E-state index contributed by atoms with van der Waals surface area (Å²) in [6, 6.07) is 1.75. The van der Waals surface area contributed by atoms with Crippen LogP contribution in [-0.4, -0.2) is 11.5 Å². The van der Waals surface area contributed by atoms with Crippen molar-refractivity contribution in [3.8, 4) is 0 Å². The van der Waals surface area contributed by atoms with Crippen LogP contribution >= 0.6 is 11.3 Å². The maximum Gasteiger partial charge on any atom is 0.347 e. The third-order valence-electron chi connectivity index (χ3n) is 1.66. The van der Waals surface area contributed by atoms with Crippen LogP contribution < -0.4 is 5.32 Å². The Balaban J connectivity index is 2.55. The molecule has 0 aliphatic rings. The topological polar surface area (TPSA) is 55.2 Å². The lowest BCUT2D eigenvalue weighted by molar-refractivity contribution is -0.379. The van der Waals surface area contributed by atoms with Gasteiger partial charge in [-0.2, -0.15) is 0 Å². The average Bonchev–Trinajstić information content (AvgIpc) is 2.53. The van der Waals surface area contributed by atoms with Crippen LogP contribution in [0.1, 0.15) is 19.8 Å². The molecule has 0 amide bonds. The molecule has 0 spiro atoms. The summed E-state index contributed by atoms with van der Waals surface area (Å²) in [6.45, 7) is 2.89. The second-order valence-corrected chi connectivity index (χ2v) is 3.57. The Labute approximate surface area is 80.7 Å². The van der Waals surface area contributed by atoms with E-state index in [1.54, 1.807) is 11.4 Å². The van der Waals surface area contributed by atoms with E-state index in [0.717, 1.165) is 30.7 Å². The molecular formula is C8H12N2O2S. The van der Waals surface area contributed by atoms with Crippen molar-refractivity contribution in [2.24, 2.45) is 0 Å². The average molecular weight is 200 g/mol. The van der Waals surface area contributed by atoms with E-state index in [1.807, 2.05) is 0 Å². The minimum absolute atomic E-state index is 0.205. The maximum atomic E-state index is 10.5. The molecule has 0 aliphatic carbocycles. The number of anilines is 1. The molecule has 1 heterocycles. The zero-order valence-electron chi connectivity index (χ0n) is 7.45. The highest BCUT2D eigenvalue weighted by atomic mass is 32.1. The Hall–Kier alpha value is -1.10. The van der Waals surface area contributed by atoms with Gasteiger partial charge in [0, 0.05) is 6.54 Å². The minimum atomic E-state index is -0.348. The van der Waals surface area contributed by atoms with E-state index >= 15 is 0 Å². The van der Waals surface area contributed by atoms with Crippen LogP contribution in [0.3, 0.4) is 0 Å². The molecule has 0 atom stereocenters. The largest absolute Gasteiger partial charge is 0.379 e. The summed E-state index contributed by atoms with van der Waals surface area (Å²) >= 11 is 1.15. The van der Waals surface area contributed by atoms with Crippen LogP contribution in [-0.2, 0) is 0 Å². The van der Waals surface area contributed by atoms with E-state index in [0.29, 0.717) is 5.69 Å². The van der Waals surface area contributed by atoms with Crippen LogP contribution in [0, 0.1) is 10.1 Å². The first-order valence-electron chi connectivity index (χ1n) is 4.21. The fraction of sp³-hybridized carbons (Fsp3) is 0.500. The van der Waals surface area contributed by atoms with Gasteiger partial charge < -0.3 is 5.32 Å². The van der Waals surface area contributed by atoms with Gasteiger partial charge in [0.2, 0.25) is 0 Å². The van der Waals surface area contributed by atoms with Gasteiger partial charge in [-0.25, -0.2) is 0 Å². The molecule has 1 rings (SSSR count). The SMILES string of the molecule is CCCCNc1ccsc1[N+](=O)[O-]. The Morgan fingerprint density at radius 1 is 1.69 bits per heavy atom. The highest BCUT2D eigenvalue weighted by Crippen LogP contribution is 2.30. The van der Waals surface area contributed by atoms with Gasteiger partial charge in [0.15, 0.2) is 0 Å². The van der Waals surface area contributed by atoms with Crippen molar-refractivity contribution < 1.29 is 4.92 Å². The zero-order chi connectivity index (χ0) is 9.68. The lowest BCUT2D eigenvalue weighted by Crippen LogP contribution is -2.01. The molecule has 72 valence electrons. The summed E-state index contributed by atoms with van der Waals surface area (Å²) in [5.74, 6) is 0. The lowest BCUT2D eigenvalue weighted by Gasteiger charge is -2.00. The number of rotatable bonds is 5. The molecule has 0 aromatic carbocycles. The van der Waals surface area contributed by atoms with Crippen LogP contribution in [0.2, 0.25) is 0 Å². The van der Waals surface area contributed by atoms with Gasteiger partial charge in [0.05, 0.1) is 4.92 Å². The van der Waals surface area contributed by atoms with Crippen molar-refractivity contribution in [3.05, 3.63) is 21.6 Å². The van der Waals surface area contributed by atoms with Crippen molar-refractivity contribution in [1.29, 1.82) is 0 Å². The number of thiophene rings is 1. The van der Waals surface area contributed by atoms with Crippen molar-refractivity contribution >= 4 is 22.0 Å². The summed E-state index contributed by atoms with van der Waals surface area (Å²) in [7, 11) is 0. The van der Waals surface area contributed by atoms with Gasteiger partial charge in [-0.15, -0.1) is 0 Å². The predicted octanol–water partition coefficient (Wildman–Crippen LogP) is 2.87. The lowest BCUT2D eigenvalue weighted by atomic mass is 10.3. The Kier molecular flexibility index (Phi) is 3.70. The number of nitrogens with zero attached hydrogens (tertiary/aromatic N) is 1. The summed E-state index contributed by atoms with van der Waals surface area (Å²) in [6.07, 6.45) is 2.12. The third-order valence-corrected chi connectivity index (χ3v) is 2.52. The molecule has 1 aromatic rings. The van der Waals surface area contributed by atoms with Crippen LogP contribution in [0.5, 0.6) is 0 Å². The number of hydrogen-bond donors (Lipinski definition) is 1. The van der Waals surface area contributed by atoms with Crippen LogP contribution in [0.15, 0.2) is 11.4 Å². The van der Waals surface area contributed by atoms with E-state index in [2.05, 4.69) is 12.2 Å². The van der Waals surface area contributed by atoms with Gasteiger partial charge in [-0.3, -0.25) is 10.1 Å². The van der Waals surface area contributed by atoms with Crippen LogP contribution in [0.25, 0.3) is 0 Å². The molecule has 4 nitrogen and oxygen atoms in total. The monoisotopic (exact) mass is 200 g/mol. The number of hydrogen-bond acceptors (Lipinski definition) is 4. The minimum Gasteiger partial charge on any atom is -0.379 e. The summed E-state index contributed by atoms with van der Waals surface area (Å²) in [5.41, 5.74) is 0.642. The van der Waals surface area contributed by atoms with Crippen molar-refractivity contribution in [1.82, 2.24) is 0 Å². The predicted molar refractivity (Wildman–Crippen MR) is 54.4 cm³/mol. The normalized spacial score (nSPS) is 9.92. The Morgan fingerprint density at radius 3 is 3.08 bits per heavy atom. The van der Waals surface area contributed by atoms with Crippen molar-refractivity contribution in [2.45, 2.75) is 19.8 Å². The van der Waals surface area contributed by atoms with E-state index in [4.69, 9.17) is 0 Å². The summed E-state index contributed by atoms with van der Waals surface area (Å²) in [4.78, 5) is 10.1. The zero-order valence-corrected chi connectivity index (χ0v) is 8.26. The molecule has 0 bridgehead atoms. The van der Waals surface area contributed by atoms with Gasteiger partial charge in [0.1, 0.15) is 5.69 Å². The standard InChI is InChI=1S/C8H12N2O2S/c1-2-3-5-9-7-4-6-13-8(7)10(11)12/h4,6,9H,2-3,5H2,1H3. The van der Waals surface area contributed by atoms with Gasteiger partial charge in [-0.05, 0) is 17.9 Å². The molecule has 0 saturated carbocycles. The fourth-order valence-corrected chi connectivity index (χ4v) is 1.66. The smallest absolute Gasteiger partial charge is 0.347 e. The quantitative estimate of drug-likeness (QED) is 0.451. The fourth-order valence-electron chi connectivity index (χ4n) is 0.977. The molecule has 0 radical (unpaired) electrons. The van der Waals surface area contributed by atoms with E-state index in [9.17, 15) is 10.1 Å². The van der Waals surface area contributed by atoms with Crippen LogP contribution in [0.4, 0.5) is 10.7 Å². The first-order chi connectivity index (χ1) is 6.25. The molecule has 1 aromatic heterocycles.